The van der Waals surface area contributed by atoms with Crippen LogP contribution in [0.25, 0.3) is 0 Å². The summed E-state index contributed by atoms with van der Waals surface area (Å²) in [6.45, 7) is 2.28. The Bertz CT molecular complexity index is 357. The second-order valence-corrected chi connectivity index (χ2v) is 7.08. The molecule has 0 saturated carbocycles. The number of thiophene rings is 1. The highest BCUT2D eigenvalue weighted by atomic mass is 32.2. The van der Waals surface area contributed by atoms with Gasteiger partial charge in [-0.05, 0) is 29.0 Å². The maximum Gasteiger partial charge on any atom is 0.0777 e. The molecule has 112 valence electrons. The summed E-state index contributed by atoms with van der Waals surface area (Å²) in [5.41, 5.74) is 0. The van der Waals surface area contributed by atoms with Gasteiger partial charge in [-0.3, -0.25) is 0 Å². The third-order valence-corrected chi connectivity index (χ3v) is 4.89. The molecule has 0 amide bonds. The molecule has 1 aromatic rings. The molecule has 0 aromatic carbocycles. The van der Waals surface area contributed by atoms with Crippen molar-refractivity contribution in [2.75, 3.05) is 5.75 Å². The third-order valence-electron chi connectivity index (χ3n) is 3.37. The van der Waals surface area contributed by atoms with Crippen molar-refractivity contribution in [1.29, 1.82) is 0 Å². The molecule has 0 atom stereocenters. The molecule has 1 rings (SSSR count). The lowest BCUT2D eigenvalue weighted by Gasteiger charge is -2.01. The van der Waals surface area contributed by atoms with Gasteiger partial charge in [0, 0.05) is 5.75 Å². The zero-order valence-electron chi connectivity index (χ0n) is 12.8. The van der Waals surface area contributed by atoms with Gasteiger partial charge in [-0.1, -0.05) is 82.5 Å². The maximum absolute atomic E-state index is 3.20. The SMILES string of the molecule is CCCCCCCCCCCCSC#Cc1cccs1. The van der Waals surface area contributed by atoms with E-state index in [1.165, 1.54) is 74.8 Å². The molecule has 0 unspecified atom stereocenters. The Morgan fingerprint density at radius 1 is 0.950 bits per heavy atom. The fourth-order valence-electron chi connectivity index (χ4n) is 2.15. The van der Waals surface area contributed by atoms with E-state index in [0.29, 0.717) is 0 Å². The van der Waals surface area contributed by atoms with Crippen LogP contribution in [-0.4, -0.2) is 5.75 Å². The Morgan fingerprint density at radius 2 is 1.60 bits per heavy atom. The van der Waals surface area contributed by atoms with E-state index < -0.39 is 0 Å². The average molecular weight is 309 g/mol. The molecule has 0 aliphatic carbocycles. The van der Waals surface area contributed by atoms with E-state index in [4.69, 9.17) is 0 Å². The van der Waals surface area contributed by atoms with E-state index in [2.05, 4.69) is 35.6 Å². The van der Waals surface area contributed by atoms with E-state index in [-0.39, 0.29) is 0 Å². The highest BCUT2D eigenvalue weighted by Gasteiger charge is 1.92. The maximum atomic E-state index is 3.20. The van der Waals surface area contributed by atoms with Crippen molar-refractivity contribution >= 4 is 23.1 Å². The second kappa shape index (κ2) is 13.6. The summed E-state index contributed by atoms with van der Waals surface area (Å²) in [7, 11) is 0. The fourth-order valence-corrected chi connectivity index (χ4v) is 3.42. The van der Waals surface area contributed by atoms with Crippen LogP contribution in [0.3, 0.4) is 0 Å². The smallest absolute Gasteiger partial charge is 0.0777 e. The summed E-state index contributed by atoms with van der Waals surface area (Å²) in [6.07, 6.45) is 14.1. The van der Waals surface area contributed by atoms with Gasteiger partial charge in [0.05, 0.1) is 4.88 Å². The van der Waals surface area contributed by atoms with Crippen LogP contribution in [0.15, 0.2) is 17.5 Å². The first-order valence-electron chi connectivity index (χ1n) is 8.10. The van der Waals surface area contributed by atoms with Crippen molar-refractivity contribution in [2.24, 2.45) is 0 Å². The molecule has 0 aliphatic heterocycles. The minimum Gasteiger partial charge on any atom is -0.135 e. The normalized spacial score (nSPS) is 10.2. The second-order valence-electron chi connectivity index (χ2n) is 5.23. The molecule has 1 aromatic heterocycles. The van der Waals surface area contributed by atoms with Gasteiger partial charge >= 0.3 is 0 Å². The molecule has 0 radical (unpaired) electrons. The van der Waals surface area contributed by atoms with Gasteiger partial charge in [0.1, 0.15) is 0 Å². The van der Waals surface area contributed by atoms with Crippen molar-refractivity contribution < 1.29 is 0 Å². The quantitative estimate of drug-likeness (QED) is 0.323. The molecule has 0 aliphatic rings. The summed E-state index contributed by atoms with van der Waals surface area (Å²) in [4.78, 5) is 1.18. The standard InChI is InChI=1S/C18H28S2/c1-2-3-4-5-6-7-8-9-10-11-15-19-17-14-18-13-12-16-20-18/h12-13,16H,2-11,15H2,1H3. The summed E-state index contributed by atoms with van der Waals surface area (Å²) >= 11 is 3.49. The molecule has 0 nitrogen and oxygen atoms in total. The van der Waals surface area contributed by atoms with E-state index in [9.17, 15) is 0 Å². The Morgan fingerprint density at radius 3 is 2.20 bits per heavy atom. The fraction of sp³-hybridized carbons (Fsp3) is 0.667. The molecular formula is C18H28S2. The van der Waals surface area contributed by atoms with Crippen LogP contribution in [0.4, 0.5) is 0 Å². The van der Waals surface area contributed by atoms with Gasteiger partial charge in [0.15, 0.2) is 0 Å². The molecule has 1 heterocycles. The van der Waals surface area contributed by atoms with Crippen molar-refractivity contribution in [3.8, 4) is 11.2 Å². The first-order valence-corrected chi connectivity index (χ1v) is 9.96. The lowest BCUT2D eigenvalue weighted by molar-refractivity contribution is 0.563. The van der Waals surface area contributed by atoms with E-state index >= 15 is 0 Å². The van der Waals surface area contributed by atoms with Gasteiger partial charge in [0.2, 0.25) is 0 Å². The van der Waals surface area contributed by atoms with Gasteiger partial charge in [-0.25, -0.2) is 0 Å². The first-order chi connectivity index (χ1) is 9.93. The zero-order chi connectivity index (χ0) is 14.3. The monoisotopic (exact) mass is 308 g/mol. The van der Waals surface area contributed by atoms with E-state index in [0.717, 1.165) is 0 Å². The van der Waals surface area contributed by atoms with Crippen LogP contribution in [-0.2, 0) is 0 Å². The summed E-state index contributed by atoms with van der Waals surface area (Å²) in [5, 5.41) is 5.28. The number of hydrogen-bond donors (Lipinski definition) is 0. The number of thioether (sulfide) groups is 1. The summed E-state index contributed by atoms with van der Waals surface area (Å²) < 4.78 is 0. The number of unbranched alkanes of at least 4 members (excludes halogenated alkanes) is 9. The van der Waals surface area contributed by atoms with Gasteiger partial charge in [-0.15, -0.1) is 11.3 Å². The summed E-state index contributed by atoms with van der Waals surface area (Å²) in [5.74, 6) is 4.38. The van der Waals surface area contributed by atoms with Gasteiger partial charge < -0.3 is 0 Å². The Hall–Kier alpha value is -0.390. The highest BCUT2D eigenvalue weighted by molar-refractivity contribution is 8.03. The largest absolute Gasteiger partial charge is 0.135 e. The Balaban J connectivity index is 1.79. The Kier molecular flexibility index (Phi) is 12.0. The minimum atomic E-state index is 1.18. The predicted octanol–water partition coefficient (Wildman–Crippen LogP) is 6.71. The van der Waals surface area contributed by atoms with E-state index in [1.54, 1.807) is 23.1 Å². The van der Waals surface area contributed by atoms with Crippen LogP contribution < -0.4 is 0 Å². The van der Waals surface area contributed by atoms with Crippen LogP contribution in [0.1, 0.15) is 76.0 Å². The van der Waals surface area contributed by atoms with Crippen LogP contribution in [0.2, 0.25) is 0 Å². The molecule has 0 saturated heterocycles. The first kappa shape index (κ1) is 17.7. The molecule has 0 bridgehead atoms. The predicted molar refractivity (Wildman–Crippen MR) is 95.5 cm³/mol. The van der Waals surface area contributed by atoms with Crippen LogP contribution in [0.5, 0.6) is 0 Å². The topological polar surface area (TPSA) is 0 Å². The lowest BCUT2D eigenvalue weighted by Crippen LogP contribution is -1.83. The van der Waals surface area contributed by atoms with E-state index in [1.807, 2.05) is 0 Å². The molecule has 0 N–H and O–H groups in total. The zero-order valence-corrected chi connectivity index (χ0v) is 14.5. The van der Waals surface area contributed by atoms with Gasteiger partial charge in [-0.2, -0.15) is 0 Å². The van der Waals surface area contributed by atoms with Crippen molar-refractivity contribution in [2.45, 2.75) is 71.1 Å². The highest BCUT2D eigenvalue weighted by Crippen LogP contribution is 2.12. The Labute approximate surface area is 133 Å². The molecule has 0 spiro atoms. The third kappa shape index (κ3) is 10.4. The van der Waals surface area contributed by atoms with Crippen LogP contribution >= 0.6 is 23.1 Å². The summed E-state index contributed by atoms with van der Waals surface area (Å²) in [6, 6.07) is 4.14. The molecule has 20 heavy (non-hydrogen) atoms. The molecule has 2 heteroatoms. The molecular weight excluding hydrogens is 280 g/mol. The number of rotatable bonds is 11. The molecule has 0 fully saturated rings. The van der Waals surface area contributed by atoms with Gasteiger partial charge in [0.25, 0.3) is 0 Å². The van der Waals surface area contributed by atoms with Crippen molar-refractivity contribution in [3.63, 3.8) is 0 Å². The van der Waals surface area contributed by atoms with Crippen molar-refractivity contribution in [3.05, 3.63) is 22.4 Å². The number of hydrogen-bond acceptors (Lipinski definition) is 2. The van der Waals surface area contributed by atoms with Crippen LogP contribution in [0, 0.1) is 11.2 Å². The van der Waals surface area contributed by atoms with Crippen molar-refractivity contribution in [1.82, 2.24) is 0 Å². The lowest BCUT2D eigenvalue weighted by atomic mass is 10.1. The minimum absolute atomic E-state index is 1.18. The average Bonchev–Trinajstić information content (AvgIpc) is 2.97.